The van der Waals surface area contributed by atoms with E-state index in [0.717, 1.165) is 19.5 Å². The molecule has 2 atom stereocenters. The van der Waals surface area contributed by atoms with Crippen LogP contribution >= 0.6 is 7.60 Å². The summed E-state index contributed by atoms with van der Waals surface area (Å²) in [4.78, 5) is 9.37. The van der Waals surface area contributed by atoms with Crippen molar-refractivity contribution < 1.29 is 28.2 Å². The minimum atomic E-state index is -3.63. The molecule has 0 aliphatic carbocycles. The topological polar surface area (TPSA) is 74.2 Å². The smallest absolute Gasteiger partial charge is 0.325 e. The average Bonchev–Trinajstić information content (AvgIpc) is 2.72. The van der Waals surface area contributed by atoms with Crippen LogP contribution in [0.4, 0.5) is 0 Å². The summed E-state index contributed by atoms with van der Waals surface area (Å²) in [6.45, 7) is 5.85. The van der Waals surface area contributed by atoms with E-state index in [0.29, 0.717) is 13.2 Å². The highest BCUT2D eigenvalue weighted by molar-refractivity contribution is 7.51. The monoisotopic (exact) mass is 474 g/mol. The maximum absolute atomic E-state index is 11.4. The molecule has 0 aromatic rings. The SMILES string of the molecule is [B]/C(OC(C)COC)=C(/COP(C)(=O)O)OCCCCCCCCCCCCCCCC. The summed E-state index contributed by atoms with van der Waals surface area (Å²) >= 11 is 0. The number of ether oxygens (including phenoxy) is 3. The molecule has 2 radical (unpaired) electrons. The van der Waals surface area contributed by atoms with E-state index in [4.69, 9.17) is 26.6 Å². The molecule has 188 valence electrons. The zero-order valence-electron chi connectivity index (χ0n) is 21.1. The van der Waals surface area contributed by atoms with Gasteiger partial charge in [-0.2, -0.15) is 0 Å². The van der Waals surface area contributed by atoms with Crippen molar-refractivity contribution in [2.24, 2.45) is 0 Å². The third kappa shape index (κ3) is 21.4. The molecule has 0 aromatic carbocycles. The molecule has 0 amide bonds. The Morgan fingerprint density at radius 2 is 1.38 bits per heavy atom. The van der Waals surface area contributed by atoms with Crippen LogP contribution in [0.3, 0.4) is 0 Å². The van der Waals surface area contributed by atoms with E-state index in [-0.39, 0.29) is 24.1 Å². The van der Waals surface area contributed by atoms with Crippen LogP contribution in [0, 0.1) is 0 Å². The minimum absolute atomic E-state index is 0.0633. The zero-order valence-corrected chi connectivity index (χ0v) is 22.0. The lowest BCUT2D eigenvalue weighted by atomic mass is 10.0. The van der Waals surface area contributed by atoms with Gasteiger partial charge in [0.1, 0.15) is 18.5 Å². The van der Waals surface area contributed by atoms with Crippen LogP contribution in [-0.4, -0.2) is 52.4 Å². The first kappa shape index (κ1) is 31.5. The summed E-state index contributed by atoms with van der Waals surface area (Å²) in [6.07, 6.45) is 17.8. The standard InChI is InChI=1S/C24H48BO6P/c1-5-6-7-8-9-10-11-12-13-14-15-16-17-18-19-29-23(21-30-32(4,26)27)24(25)31-22(2)20-28-3/h22H,5-21H2,1-4H3,(H,26,27)/b24-23+. The molecule has 0 spiro atoms. The van der Waals surface area contributed by atoms with Crippen LogP contribution in [-0.2, 0) is 23.3 Å². The molecule has 0 saturated heterocycles. The highest BCUT2D eigenvalue weighted by atomic mass is 31.2. The highest BCUT2D eigenvalue weighted by Gasteiger charge is 2.15. The molecule has 8 heteroatoms. The minimum Gasteiger partial charge on any atom is -0.501 e. The van der Waals surface area contributed by atoms with E-state index in [1.807, 2.05) is 6.92 Å². The molecule has 32 heavy (non-hydrogen) atoms. The van der Waals surface area contributed by atoms with Crippen LogP contribution in [0.25, 0.3) is 0 Å². The largest absolute Gasteiger partial charge is 0.501 e. The Balaban J connectivity index is 3.92. The van der Waals surface area contributed by atoms with Crippen molar-refractivity contribution in [2.45, 2.75) is 110 Å². The van der Waals surface area contributed by atoms with Gasteiger partial charge in [0.25, 0.3) is 0 Å². The number of rotatable bonds is 23. The van der Waals surface area contributed by atoms with Crippen LogP contribution in [0.1, 0.15) is 104 Å². The molecule has 0 fully saturated rings. The summed E-state index contributed by atoms with van der Waals surface area (Å²) in [5, 5.41) is 0. The van der Waals surface area contributed by atoms with Gasteiger partial charge in [-0.1, -0.05) is 90.4 Å². The molecular weight excluding hydrogens is 426 g/mol. The summed E-state index contributed by atoms with van der Waals surface area (Å²) in [5.41, 5.74) is 0.0633. The first-order valence-electron chi connectivity index (χ1n) is 12.5. The molecule has 0 heterocycles. The first-order chi connectivity index (χ1) is 15.3. The Hall–Kier alpha value is -0.485. The summed E-state index contributed by atoms with van der Waals surface area (Å²) < 4.78 is 32.7. The molecule has 0 bridgehead atoms. The van der Waals surface area contributed by atoms with Crippen molar-refractivity contribution in [1.82, 2.24) is 0 Å². The van der Waals surface area contributed by atoms with Crippen molar-refractivity contribution in [3.63, 3.8) is 0 Å². The maximum atomic E-state index is 11.4. The molecule has 0 saturated carbocycles. The third-order valence-corrected chi connectivity index (χ3v) is 5.82. The molecule has 1 N–H and O–H groups in total. The summed E-state index contributed by atoms with van der Waals surface area (Å²) in [7, 11) is 3.91. The second-order valence-electron chi connectivity index (χ2n) is 8.69. The normalized spacial score (nSPS) is 15.2. The van der Waals surface area contributed by atoms with Crippen molar-refractivity contribution in [1.29, 1.82) is 0 Å². The molecule has 0 aliphatic heterocycles. The predicted octanol–water partition coefficient (Wildman–Crippen LogP) is 6.71. The van der Waals surface area contributed by atoms with E-state index < -0.39 is 7.60 Å². The van der Waals surface area contributed by atoms with Gasteiger partial charge in [-0.25, -0.2) is 0 Å². The lowest BCUT2D eigenvalue weighted by molar-refractivity contribution is 0.0460. The van der Waals surface area contributed by atoms with Gasteiger partial charge in [0.15, 0.2) is 7.85 Å². The summed E-state index contributed by atoms with van der Waals surface area (Å²) in [5.74, 6) is 0.249. The van der Waals surface area contributed by atoms with Gasteiger partial charge in [0, 0.05) is 13.8 Å². The van der Waals surface area contributed by atoms with Gasteiger partial charge in [0.05, 0.1) is 18.9 Å². The summed E-state index contributed by atoms with van der Waals surface area (Å²) in [6, 6.07) is 0. The molecular formula is C24H48BO6P. The Bertz CT molecular complexity index is 509. The fraction of sp³-hybridized carbons (Fsp3) is 0.917. The van der Waals surface area contributed by atoms with E-state index in [1.165, 1.54) is 77.0 Å². The van der Waals surface area contributed by atoms with E-state index in [2.05, 4.69) is 6.92 Å². The van der Waals surface area contributed by atoms with Crippen molar-refractivity contribution in [2.75, 3.05) is 33.6 Å². The predicted molar refractivity (Wildman–Crippen MR) is 133 cm³/mol. The molecule has 6 nitrogen and oxygen atoms in total. The van der Waals surface area contributed by atoms with Gasteiger partial charge in [0.2, 0.25) is 0 Å². The first-order valence-corrected chi connectivity index (χ1v) is 14.5. The van der Waals surface area contributed by atoms with Gasteiger partial charge in [-0.15, -0.1) is 0 Å². The number of unbranched alkanes of at least 4 members (excludes halogenated alkanes) is 13. The van der Waals surface area contributed by atoms with Gasteiger partial charge in [-0.05, 0) is 13.3 Å². The van der Waals surface area contributed by atoms with Crippen LogP contribution in [0.15, 0.2) is 11.4 Å². The molecule has 0 rings (SSSR count). The Morgan fingerprint density at radius 3 is 1.81 bits per heavy atom. The second kappa shape index (κ2) is 21.1. The van der Waals surface area contributed by atoms with Gasteiger partial charge >= 0.3 is 7.60 Å². The number of hydrogen-bond acceptors (Lipinski definition) is 5. The molecule has 0 aromatic heterocycles. The Kier molecular flexibility index (Phi) is 20.8. The molecule has 2 unspecified atom stereocenters. The van der Waals surface area contributed by atoms with Gasteiger partial charge < -0.3 is 23.6 Å². The van der Waals surface area contributed by atoms with E-state index in [1.54, 1.807) is 7.11 Å². The van der Waals surface area contributed by atoms with E-state index in [9.17, 15) is 9.46 Å². The Labute approximate surface area is 198 Å². The number of methoxy groups -OCH3 is 1. The quantitative estimate of drug-likeness (QED) is 0.0768. The zero-order chi connectivity index (χ0) is 24.1. The third-order valence-electron chi connectivity index (χ3n) is 5.21. The fourth-order valence-corrected chi connectivity index (χ4v) is 3.76. The van der Waals surface area contributed by atoms with Crippen molar-refractivity contribution >= 4 is 15.4 Å². The number of hydrogen-bond donors (Lipinski definition) is 1. The fourth-order valence-electron chi connectivity index (χ4n) is 3.41. The Morgan fingerprint density at radius 1 is 0.906 bits per heavy atom. The lowest BCUT2D eigenvalue weighted by Gasteiger charge is -2.19. The average molecular weight is 474 g/mol. The van der Waals surface area contributed by atoms with Crippen LogP contribution in [0.2, 0.25) is 0 Å². The maximum Gasteiger partial charge on any atom is 0.325 e. The molecule has 0 aliphatic rings. The second-order valence-corrected chi connectivity index (χ2v) is 10.6. The van der Waals surface area contributed by atoms with Crippen molar-refractivity contribution in [3.8, 4) is 0 Å². The van der Waals surface area contributed by atoms with Crippen LogP contribution in [0.5, 0.6) is 0 Å². The van der Waals surface area contributed by atoms with E-state index >= 15 is 0 Å². The van der Waals surface area contributed by atoms with Crippen LogP contribution < -0.4 is 0 Å². The lowest BCUT2D eigenvalue weighted by Crippen LogP contribution is -2.17. The highest BCUT2D eigenvalue weighted by Crippen LogP contribution is 2.37. The van der Waals surface area contributed by atoms with Crippen molar-refractivity contribution in [3.05, 3.63) is 11.4 Å². The van der Waals surface area contributed by atoms with Gasteiger partial charge in [-0.3, -0.25) is 4.57 Å².